The van der Waals surface area contributed by atoms with Gasteiger partial charge in [0, 0.05) is 24.1 Å². The van der Waals surface area contributed by atoms with Crippen molar-refractivity contribution in [1.82, 2.24) is 4.40 Å². The highest BCUT2D eigenvalue weighted by atomic mass is 35.5. The second kappa shape index (κ2) is 6.65. The largest absolute Gasteiger partial charge is 1.00 e. The number of pyridine rings is 1. The first kappa shape index (κ1) is 18.0. The summed E-state index contributed by atoms with van der Waals surface area (Å²) in [5.41, 5.74) is 2.63. The van der Waals surface area contributed by atoms with E-state index in [1.165, 1.54) is 0 Å². The van der Waals surface area contributed by atoms with Crippen molar-refractivity contribution < 1.29 is 21.8 Å². The fourth-order valence-corrected chi connectivity index (χ4v) is 2.80. The molecule has 0 atom stereocenters. The predicted molar refractivity (Wildman–Crippen MR) is 92.7 cm³/mol. The van der Waals surface area contributed by atoms with E-state index in [2.05, 4.69) is 26.1 Å². The number of rotatable bonds is 2. The van der Waals surface area contributed by atoms with Crippen LogP contribution in [0.2, 0.25) is 0 Å². The molecule has 0 aliphatic rings. The van der Waals surface area contributed by atoms with E-state index >= 15 is 0 Å². The average molecular weight is 344 g/mol. The molecule has 0 saturated carbocycles. The van der Waals surface area contributed by atoms with Gasteiger partial charge in [0.15, 0.2) is 0 Å². The molecule has 3 rings (SSSR count). The van der Waals surface area contributed by atoms with E-state index in [1.54, 1.807) is 11.5 Å². The number of imidazole rings is 1. The maximum absolute atomic E-state index is 12.4. The molecule has 1 N–H and O–H groups in total. The van der Waals surface area contributed by atoms with Crippen molar-refractivity contribution in [3.63, 3.8) is 0 Å². The number of benzene rings is 1. The second-order valence-corrected chi connectivity index (χ2v) is 6.72. The summed E-state index contributed by atoms with van der Waals surface area (Å²) in [4.78, 5) is 12.4. The molecule has 0 aliphatic carbocycles. The molecule has 2 heterocycles. The van der Waals surface area contributed by atoms with Crippen LogP contribution in [0.5, 0.6) is 0 Å². The van der Waals surface area contributed by atoms with Crippen LogP contribution >= 0.6 is 0 Å². The third-order valence-corrected chi connectivity index (χ3v) is 3.61. The van der Waals surface area contributed by atoms with Gasteiger partial charge in [-0.05, 0) is 26.8 Å². The van der Waals surface area contributed by atoms with Crippen LogP contribution in [0.15, 0.2) is 54.7 Å². The maximum atomic E-state index is 12.4. The van der Waals surface area contributed by atoms with Crippen LogP contribution in [0.3, 0.4) is 0 Å². The zero-order chi connectivity index (χ0) is 16.6. The number of fused-ring (bicyclic) bond motifs is 1. The summed E-state index contributed by atoms with van der Waals surface area (Å²) < 4.78 is 3.80. The zero-order valence-electron chi connectivity index (χ0n) is 14.4. The Kier molecular flexibility index (Phi) is 4.99. The van der Waals surface area contributed by atoms with Crippen LogP contribution in [0.4, 0.5) is 5.82 Å². The van der Waals surface area contributed by atoms with Gasteiger partial charge in [-0.25, -0.2) is 4.79 Å². The molecule has 0 amide bonds. The normalized spacial score (nSPS) is 11.2. The smallest absolute Gasteiger partial charge is 0.311 e. The molecule has 0 aliphatic heterocycles. The van der Waals surface area contributed by atoms with E-state index in [-0.39, 0.29) is 23.9 Å². The van der Waals surface area contributed by atoms with Crippen molar-refractivity contribution >= 4 is 17.4 Å². The average Bonchev–Trinajstić information content (AvgIpc) is 2.81. The van der Waals surface area contributed by atoms with Gasteiger partial charge in [0.25, 0.3) is 5.65 Å². The highest BCUT2D eigenvalue weighted by Crippen LogP contribution is 2.29. The van der Waals surface area contributed by atoms with Gasteiger partial charge < -0.3 is 17.7 Å². The monoisotopic (exact) mass is 343 g/mol. The van der Waals surface area contributed by atoms with Gasteiger partial charge in [0.2, 0.25) is 11.5 Å². The number of nitrogens with one attached hydrogen (secondary N) is 1. The van der Waals surface area contributed by atoms with Gasteiger partial charge in [0.05, 0.1) is 6.20 Å². The quantitative estimate of drug-likeness (QED) is 0.698. The maximum Gasteiger partial charge on any atom is 0.311 e. The Bertz CT molecular complexity index is 863. The number of aromatic nitrogens is 2. The topological polar surface area (TPSA) is 37.4 Å². The number of hydrogen-bond donors (Lipinski definition) is 1. The summed E-state index contributed by atoms with van der Waals surface area (Å²) in [6, 6.07) is 15.9. The standard InChI is InChI=1S/C19H22N3O.ClH/c1-14(23)22-16-12-8-9-13-21(16)18(20-19(2,3)4)17(22)15-10-6-5-7-11-15;/h5-13,20H,1-4H3;1H/q+1;/p-1. The Morgan fingerprint density at radius 2 is 1.67 bits per heavy atom. The van der Waals surface area contributed by atoms with E-state index in [0.29, 0.717) is 0 Å². The molecule has 24 heavy (non-hydrogen) atoms. The third-order valence-electron chi connectivity index (χ3n) is 3.61. The number of anilines is 1. The number of carbonyl (C=O) groups is 1. The third kappa shape index (κ3) is 3.29. The minimum absolute atomic E-state index is 0. The number of halogens is 1. The summed E-state index contributed by atoms with van der Waals surface area (Å²) in [5.74, 6) is 0.920. The Hall–Kier alpha value is -2.33. The van der Waals surface area contributed by atoms with Crippen molar-refractivity contribution in [2.75, 3.05) is 5.32 Å². The molecule has 4 nitrogen and oxygen atoms in total. The summed E-state index contributed by atoms with van der Waals surface area (Å²) in [7, 11) is 0. The molecule has 5 heteroatoms. The summed E-state index contributed by atoms with van der Waals surface area (Å²) in [6.45, 7) is 7.94. The van der Waals surface area contributed by atoms with Gasteiger partial charge in [-0.1, -0.05) is 36.4 Å². The Morgan fingerprint density at radius 3 is 2.25 bits per heavy atom. The fraction of sp³-hybridized carbons (Fsp3) is 0.263. The lowest BCUT2D eigenvalue weighted by Gasteiger charge is -2.20. The number of carbonyl (C=O) groups excluding carboxylic acids is 1. The molecular weight excluding hydrogens is 322 g/mol. The number of nitrogens with zero attached hydrogens (tertiary/aromatic N) is 2. The molecule has 126 valence electrons. The lowest BCUT2D eigenvalue weighted by molar-refractivity contribution is -0.532. The lowest BCUT2D eigenvalue weighted by atomic mass is 10.1. The summed E-state index contributed by atoms with van der Waals surface area (Å²) >= 11 is 0. The van der Waals surface area contributed by atoms with Gasteiger partial charge in [-0.3, -0.25) is 0 Å². The highest BCUT2D eigenvalue weighted by molar-refractivity contribution is 5.79. The minimum Gasteiger partial charge on any atom is -1.00 e. The molecule has 3 aromatic rings. The Morgan fingerprint density at radius 1 is 1.04 bits per heavy atom. The van der Waals surface area contributed by atoms with Crippen LogP contribution in [-0.4, -0.2) is 15.8 Å². The fourth-order valence-electron chi connectivity index (χ4n) is 2.80. The first-order valence-corrected chi connectivity index (χ1v) is 7.78. The van der Waals surface area contributed by atoms with E-state index < -0.39 is 0 Å². The number of hydrogen-bond acceptors (Lipinski definition) is 2. The molecule has 2 aromatic heterocycles. The van der Waals surface area contributed by atoms with Crippen molar-refractivity contribution in [3.8, 4) is 11.3 Å². The first-order chi connectivity index (χ1) is 10.9. The first-order valence-electron chi connectivity index (χ1n) is 7.78. The SMILES string of the molecule is CC(=O)[n+]1c(-c2ccccc2)c(NC(C)(C)C)n2ccccc21.[Cl-]. The molecule has 1 aromatic carbocycles. The Labute approximate surface area is 148 Å². The molecule has 0 spiro atoms. The van der Waals surface area contributed by atoms with Crippen LogP contribution < -0.4 is 22.3 Å². The van der Waals surface area contributed by atoms with Crippen molar-refractivity contribution in [2.45, 2.75) is 33.2 Å². The van der Waals surface area contributed by atoms with E-state index in [1.807, 2.05) is 59.1 Å². The molecule has 0 radical (unpaired) electrons. The van der Waals surface area contributed by atoms with E-state index in [4.69, 9.17) is 0 Å². The molecule has 0 saturated heterocycles. The molecular formula is C19H22ClN3O. The second-order valence-electron chi connectivity index (χ2n) is 6.72. The van der Waals surface area contributed by atoms with Crippen molar-refractivity contribution in [3.05, 3.63) is 54.7 Å². The van der Waals surface area contributed by atoms with Crippen molar-refractivity contribution in [1.29, 1.82) is 0 Å². The Balaban J connectivity index is 0.00000208. The summed E-state index contributed by atoms with van der Waals surface area (Å²) in [6.07, 6.45) is 1.98. The highest BCUT2D eigenvalue weighted by Gasteiger charge is 2.31. The zero-order valence-corrected chi connectivity index (χ0v) is 15.1. The van der Waals surface area contributed by atoms with Crippen LogP contribution in [0.1, 0.15) is 32.5 Å². The van der Waals surface area contributed by atoms with Gasteiger partial charge in [-0.2, -0.15) is 8.97 Å². The van der Waals surface area contributed by atoms with E-state index in [0.717, 1.165) is 22.7 Å². The molecule has 0 bridgehead atoms. The molecule has 0 unspecified atom stereocenters. The summed E-state index contributed by atoms with van der Waals surface area (Å²) in [5, 5.41) is 3.56. The van der Waals surface area contributed by atoms with Gasteiger partial charge >= 0.3 is 5.91 Å². The van der Waals surface area contributed by atoms with Crippen LogP contribution in [-0.2, 0) is 0 Å². The predicted octanol–water partition coefficient (Wildman–Crippen LogP) is 0.768. The van der Waals surface area contributed by atoms with Gasteiger partial charge in [-0.15, -0.1) is 0 Å². The van der Waals surface area contributed by atoms with Crippen LogP contribution in [0, 0.1) is 0 Å². The van der Waals surface area contributed by atoms with Crippen molar-refractivity contribution in [2.24, 2.45) is 0 Å². The molecule has 0 fully saturated rings. The minimum atomic E-state index is -0.123. The lowest BCUT2D eigenvalue weighted by Crippen LogP contribution is -3.00. The van der Waals surface area contributed by atoms with E-state index in [9.17, 15) is 4.79 Å². The van der Waals surface area contributed by atoms with Crippen LogP contribution in [0.25, 0.3) is 16.9 Å². The van der Waals surface area contributed by atoms with Gasteiger partial charge in [0.1, 0.15) is 0 Å².